The van der Waals surface area contributed by atoms with Gasteiger partial charge in [-0.05, 0) is 13.8 Å². The largest absolute Gasteiger partial charge is 0.331 e. The third kappa shape index (κ3) is 0.967. The van der Waals surface area contributed by atoms with Gasteiger partial charge in [-0.25, -0.2) is 4.98 Å². The van der Waals surface area contributed by atoms with E-state index in [4.69, 9.17) is 0 Å². The molecule has 1 aromatic rings. The molecule has 1 aliphatic heterocycles. The second kappa shape index (κ2) is 2.44. The van der Waals surface area contributed by atoms with E-state index in [1.54, 1.807) is 0 Å². The van der Waals surface area contributed by atoms with Gasteiger partial charge in [-0.2, -0.15) is 0 Å². The summed E-state index contributed by atoms with van der Waals surface area (Å²) in [4.78, 5) is 15.5. The van der Waals surface area contributed by atoms with Gasteiger partial charge < -0.3 is 4.57 Å². The maximum absolute atomic E-state index is 11.1. The van der Waals surface area contributed by atoms with Crippen LogP contribution < -0.4 is 0 Å². The monoisotopic (exact) mass is 164 g/mol. The number of rotatable bonds is 0. The van der Waals surface area contributed by atoms with Crippen LogP contribution in [0.5, 0.6) is 0 Å². The maximum atomic E-state index is 11.1. The van der Waals surface area contributed by atoms with Gasteiger partial charge in [0.2, 0.25) is 0 Å². The minimum atomic E-state index is 0.338. The van der Waals surface area contributed by atoms with Gasteiger partial charge in [0.25, 0.3) is 0 Å². The Bertz CT molecular complexity index is 339. The van der Waals surface area contributed by atoms with Crippen molar-refractivity contribution in [2.45, 2.75) is 33.2 Å². The molecule has 2 heterocycles. The van der Waals surface area contributed by atoms with E-state index in [0.717, 1.165) is 23.8 Å². The standard InChI is InChI=1S/C9H12N2O/c1-6-9-5-8(12)3-4-11(9)7(2)10-6/h3-5H2,1-2H3. The molecule has 2 rings (SSSR count). The lowest BCUT2D eigenvalue weighted by atomic mass is 10.1. The molecular formula is C9H12N2O. The Morgan fingerprint density at radius 2 is 2.17 bits per heavy atom. The number of fused-ring (bicyclic) bond motifs is 1. The fourth-order valence-corrected chi connectivity index (χ4v) is 1.79. The lowest BCUT2D eigenvalue weighted by Gasteiger charge is -2.14. The highest BCUT2D eigenvalue weighted by molar-refractivity contribution is 5.81. The second-order valence-electron chi connectivity index (χ2n) is 3.31. The quantitative estimate of drug-likeness (QED) is 0.573. The molecule has 0 saturated heterocycles. The molecule has 0 radical (unpaired) electrons. The average Bonchev–Trinajstić information content (AvgIpc) is 2.28. The molecule has 0 bridgehead atoms. The fraction of sp³-hybridized carbons (Fsp3) is 0.556. The molecule has 0 fully saturated rings. The van der Waals surface area contributed by atoms with E-state index in [1.165, 1.54) is 0 Å². The second-order valence-corrected chi connectivity index (χ2v) is 3.31. The smallest absolute Gasteiger partial charge is 0.140 e. The van der Waals surface area contributed by atoms with Crippen LogP contribution in [0.25, 0.3) is 0 Å². The van der Waals surface area contributed by atoms with E-state index in [-0.39, 0.29) is 0 Å². The van der Waals surface area contributed by atoms with Gasteiger partial charge in [0.15, 0.2) is 0 Å². The first-order chi connectivity index (χ1) is 5.68. The van der Waals surface area contributed by atoms with E-state index < -0.39 is 0 Å². The van der Waals surface area contributed by atoms with Crippen LogP contribution >= 0.6 is 0 Å². The Morgan fingerprint density at radius 3 is 2.92 bits per heavy atom. The summed E-state index contributed by atoms with van der Waals surface area (Å²) in [6, 6.07) is 0. The first kappa shape index (κ1) is 7.53. The van der Waals surface area contributed by atoms with Crippen LogP contribution in [0.3, 0.4) is 0 Å². The van der Waals surface area contributed by atoms with Crippen LogP contribution in [0.15, 0.2) is 0 Å². The van der Waals surface area contributed by atoms with Gasteiger partial charge in [-0.15, -0.1) is 0 Å². The molecule has 1 aliphatic rings. The van der Waals surface area contributed by atoms with Gasteiger partial charge >= 0.3 is 0 Å². The molecule has 0 spiro atoms. The first-order valence-electron chi connectivity index (χ1n) is 4.23. The van der Waals surface area contributed by atoms with Gasteiger partial charge in [-0.3, -0.25) is 4.79 Å². The number of aryl methyl sites for hydroxylation is 2. The molecule has 0 amide bonds. The highest BCUT2D eigenvalue weighted by Crippen LogP contribution is 2.17. The van der Waals surface area contributed by atoms with E-state index in [1.807, 2.05) is 13.8 Å². The van der Waals surface area contributed by atoms with Crippen molar-refractivity contribution in [2.24, 2.45) is 0 Å². The summed E-state index contributed by atoms with van der Waals surface area (Å²) in [6.07, 6.45) is 1.25. The van der Waals surface area contributed by atoms with Crippen molar-refractivity contribution in [2.75, 3.05) is 0 Å². The molecule has 0 saturated carbocycles. The first-order valence-corrected chi connectivity index (χ1v) is 4.23. The zero-order valence-corrected chi connectivity index (χ0v) is 7.42. The minimum absolute atomic E-state index is 0.338. The SMILES string of the molecule is Cc1nc(C)n2c1CC(=O)CC2. The van der Waals surface area contributed by atoms with Crippen LogP contribution in [0.4, 0.5) is 0 Å². The van der Waals surface area contributed by atoms with E-state index >= 15 is 0 Å². The molecule has 64 valence electrons. The van der Waals surface area contributed by atoms with Gasteiger partial charge in [-0.1, -0.05) is 0 Å². The van der Waals surface area contributed by atoms with Gasteiger partial charge in [0.05, 0.1) is 5.69 Å². The molecule has 0 atom stereocenters. The number of imidazole rings is 1. The number of carbonyl (C=O) groups is 1. The summed E-state index contributed by atoms with van der Waals surface area (Å²) < 4.78 is 2.15. The lowest BCUT2D eigenvalue weighted by molar-refractivity contribution is -0.119. The maximum Gasteiger partial charge on any atom is 0.140 e. The normalized spacial score (nSPS) is 16.3. The summed E-state index contributed by atoms with van der Waals surface area (Å²) in [5.74, 6) is 1.38. The molecule has 0 aliphatic carbocycles. The fourth-order valence-electron chi connectivity index (χ4n) is 1.79. The molecule has 3 heteroatoms. The number of hydrogen-bond acceptors (Lipinski definition) is 2. The molecule has 0 aromatic carbocycles. The van der Waals surface area contributed by atoms with Crippen LogP contribution in [-0.4, -0.2) is 15.3 Å². The number of nitrogens with zero attached hydrogens (tertiary/aromatic N) is 2. The molecular weight excluding hydrogens is 152 g/mol. The predicted octanol–water partition coefficient (Wildman–Crippen LogP) is 1.02. The number of carbonyl (C=O) groups excluding carboxylic acids is 1. The van der Waals surface area contributed by atoms with Crippen molar-refractivity contribution in [3.8, 4) is 0 Å². The summed E-state index contributed by atoms with van der Waals surface area (Å²) >= 11 is 0. The van der Waals surface area contributed by atoms with Crippen molar-refractivity contribution in [1.29, 1.82) is 0 Å². The Balaban J connectivity index is 2.51. The topological polar surface area (TPSA) is 34.9 Å². The molecule has 0 N–H and O–H groups in total. The summed E-state index contributed by atoms with van der Waals surface area (Å²) in [6.45, 7) is 4.78. The van der Waals surface area contributed by atoms with Crippen molar-refractivity contribution in [3.05, 3.63) is 17.2 Å². The van der Waals surface area contributed by atoms with Crippen molar-refractivity contribution < 1.29 is 4.79 Å². The minimum Gasteiger partial charge on any atom is -0.331 e. The molecule has 1 aromatic heterocycles. The van der Waals surface area contributed by atoms with Gasteiger partial charge in [0, 0.05) is 25.1 Å². The third-order valence-corrected chi connectivity index (χ3v) is 2.44. The number of hydrogen-bond donors (Lipinski definition) is 0. The average molecular weight is 164 g/mol. The number of aromatic nitrogens is 2. The summed E-state index contributed by atoms with van der Waals surface area (Å²) in [5.41, 5.74) is 2.13. The Hall–Kier alpha value is -1.12. The van der Waals surface area contributed by atoms with Crippen LogP contribution in [0.1, 0.15) is 23.6 Å². The highest BCUT2D eigenvalue weighted by Gasteiger charge is 2.19. The molecule has 12 heavy (non-hydrogen) atoms. The van der Waals surface area contributed by atoms with Crippen LogP contribution in [0, 0.1) is 13.8 Å². The molecule has 3 nitrogen and oxygen atoms in total. The Labute approximate surface area is 71.4 Å². The van der Waals surface area contributed by atoms with E-state index in [0.29, 0.717) is 18.6 Å². The Morgan fingerprint density at radius 1 is 1.42 bits per heavy atom. The zero-order valence-electron chi connectivity index (χ0n) is 7.42. The van der Waals surface area contributed by atoms with Crippen LogP contribution in [0.2, 0.25) is 0 Å². The molecule has 0 unspecified atom stereocenters. The number of ketones is 1. The lowest BCUT2D eigenvalue weighted by Crippen LogP contribution is -2.19. The third-order valence-electron chi connectivity index (χ3n) is 2.44. The number of Topliss-reactive ketones (excluding diaryl/α,β-unsaturated/α-hetero) is 1. The zero-order chi connectivity index (χ0) is 8.72. The summed E-state index contributed by atoms with van der Waals surface area (Å²) in [5, 5.41) is 0. The summed E-state index contributed by atoms with van der Waals surface area (Å²) in [7, 11) is 0. The van der Waals surface area contributed by atoms with Gasteiger partial charge in [0.1, 0.15) is 11.6 Å². The van der Waals surface area contributed by atoms with E-state index in [2.05, 4.69) is 9.55 Å². The highest BCUT2D eigenvalue weighted by atomic mass is 16.1. The van der Waals surface area contributed by atoms with E-state index in [9.17, 15) is 4.79 Å². The van der Waals surface area contributed by atoms with Crippen LogP contribution in [-0.2, 0) is 17.8 Å². The predicted molar refractivity (Wildman–Crippen MR) is 45.0 cm³/mol. The Kier molecular flexibility index (Phi) is 1.53. The van der Waals surface area contributed by atoms with Crippen molar-refractivity contribution >= 4 is 5.78 Å². The van der Waals surface area contributed by atoms with Crippen molar-refractivity contribution in [1.82, 2.24) is 9.55 Å². The van der Waals surface area contributed by atoms with Crippen molar-refractivity contribution in [3.63, 3.8) is 0 Å².